The molecule has 252 valence electrons. The summed E-state index contributed by atoms with van der Waals surface area (Å²) in [4.78, 5) is 0. The Balaban J connectivity index is 1.13. The van der Waals surface area contributed by atoms with Crippen LogP contribution in [0, 0.1) is 0 Å². The lowest BCUT2D eigenvalue weighted by molar-refractivity contribution is 0.674. The van der Waals surface area contributed by atoms with Gasteiger partial charge >= 0.3 is 0 Å². The molecule has 12 aromatic carbocycles. The van der Waals surface area contributed by atoms with Crippen molar-refractivity contribution in [3.8, 4) is 33.4 Å². The molecule has 0 aliphatic carbocycles. The van der Waals surface area contributed by atoms with E-state index in [4.69, 9.17) is 12.6 Å². The molecule has 55 heavy (non-hydrogen) atoms. The maximum Gasteiger partial charge on any atom is 0.143 e. The molecule has 0 aliphatic heterocycles. The van der Waals surface area contributed by atoms with Crippen molar-refractivity contribution in [3.63, 3.8) is 0 Å². The van der Waals surface area contributed by atoms with Crippen LogP contribution < -0.4 is 0 Å². The minimum atomic E-state index is -0.642. The van der Waals surface area contributed by atoms with E-state index in [2.05, 4.69) is 48.5 Å². The molecule has 0 unspecified atom stereocenters. The number of hydrogen-bond donors (Lipinski definition) is 0. The Hall–Kier alpha value is -7.22. The van der Waals surface area contributed by atoms with Crippen molar-refractivity contribution in [2.24, 2.45) is 0 Å². The van der Waals surface area contributed by atoms with Gasteiger partial charge in [-0.25, -0.2) is 0 Å². The zero-order valence-corrected chi connectivity index (χ0v) is 28.7. The lowest BCUT2D eigenvalue weighted by Gasteiger charge is -2.15. The van der Waals surface area contributed by atoms with Crippen LogP contribution in [0.5, 0.6) is 0 Å². The van der Waals surface area contributed by atoms with Crippen LogP contribution in [0.4, 0.5) is 0 Å². The third-order valence-electron chi connectivity index (χ3n) is 11.3. The molecule has 0 atom stereocenters. The molecule has 0 saturated heterocycles. The van der Waals surface area contributed by atoms with Crippen molar-refractivity contribution in [2.75, 3.05) is 0 Å². The minimum absolute atomic E-state index is 0.0536. The predicted molar refractivity (Wildman–Crippen MR) is 235 cm³/mol. The van der Waals surface area contributed by atoms with Crippen LogP contribution in [0.25, 0.3) is 131 Å². The summed E-state index contributed by atoms with van der Waals surface area (Å²) in [6.07, 6.45) is 0. The van der Waals surface area contributed by atoms with E-state index >= 15 is 0 Å². The molecule has 0 saturated carbocycles. The Morgan fingerprint density at radius 2 is 0.855 bits per heavy atom. The Kier molecular flexibility index (Phi) is 3.84. The fraction of sp³-hybridized carbons (Fsp3) is 0. The van der Waals surface area contributed by atoms with Gasteiger partial charge in [-0.15, -0.1) is 0 Å². The van der Waals surface area contributed by atoms with E-state index in [1.165, 1.54) is 0 Å². The first-order valence-corrected chi connectivity index (χ1v) is 18.0. The molecule has 1 nitrogen and oxygen atoms in total. The average molecular weight is 708 g/mol. The van der Waals surface area contributed by atoms with Gasteiger partial charge in [0.15, 0.2) is 0 Å². The number of benzene rings is 12. The molecular formula is C54H30O. The van der Waals surface area contributed by atoms with E-state index in [9.17, 15) is 9.60 Å². The molecule has 13 rings (SSSR count). The van der Waals surface area contributed by atoms with Gasteiger partial charge in [0.25, 0.3) is 0 Å². The Morgan fingerprint density at radius 3 is 1.69 bits per heavy atom. The molecule has 1 heteroatoms. The van der Waals surface area contributed by atoms with E-state index in [0.717, 1.165) is 54.2 Å². The zero-order valence-electron chi connectivity index (χ0n) is 41.7. The van der Waals surface area contributed by atoms with Gasteiger partial charge in [0.2, 0.25) is 0 Å². The topological polar surface area (TPSA) is 13.1 Å². The summed E-state index contributed by atoms with van der Waals surface area (Å²) in [5.41, 5.74) is 2.25. The van der Waals surface area contributed by atoms with Crippen LogP contribution in [0.1, 0.15) is 17.8 Å². The van der Waals surface area contributed by atoms with Gasteiger partial charge in [-0.05, 0) is 110 Å². The Morgan fingerprint density at radius 1 is 0.291 bits per heavy atom. The molecule has 0 fully saturated rings. The summed E-state index contributed by atoms with van der Waals surface area (Å²) in [6.45, 7) is 0. The number of furan rings is 1. The van der Waals surface area contributed by atoms with Crippen LogP contribution in [-0.2, 0) is 0 Å². The molecule has 0 radical (unpaired) electrons. The van der Waals surface area contributed by atoms with Gasteiger partial charge < -0.3 is 4.42 Å². The quantitative estimate of drug-likeness (QED) is 0.167. The minimum Gasteiger partial charge on any atom is -0.455 e. The number of rotatable bonds is 3. The highest BCUT2D eigenvalue weighted by Crippen LogP contribution is 2.47. The molecule has 0 aliphatic rings. The molecule has 1 aromatic heterocycles. The smallest absolute Gasteiger partial charge is 0.143 e. The SMILES string of the molecule is [2H]c1c([2H])c(-c2ccc(-c3ccc4ccc5cccc6ccc3c4c56)c3oc4c5ccccc5ccc4c23)c([2H])c([2H])c1-c1c([2H])c([2H])c2c([2H])c([2H])c3c([2H])c([2H])c([2H])c4c([2H])c([2H])c1c2c34. The van der Waals surface area contributed by atoms with Gasteiger partial charge in [0.1, 0.15) is 11.2 Å². The fourth-order valence-corrected chi connectivity index (χ4v) is 8.82. The van der Waals surface area contributed by atoms with Gasteiger partial charge in [0, 0.05) is 21.7 Å². The highest BCUT2D eigenvalue weighted by molar-refractivity contribution is 6.28. The lowest BCUT2D eigenvalue weighted by atomic mass is 9.88. The standard InChI is InChI=1S/C54H30O/c1-2-10-42-31(5-1)19-28-47-52-41(33-13-11-32(12-14-33)40-24-20-38-17-15-34-6-3-8-36-22-26-44(40)50(38)48(34)36)29-30-46(54(52)55-53(42)47)43-25-21-39-18-16-35-7-4-9-37-23-27-45(43)51(39)49(35)37/h1-30H/i3D,6D,8D,11D,12D,13D,14D,15D,17D,20D,22D,24D,26D. The first-order valence-electron chi connectivity index (χ1n) is 24.5. The highest BCUT2D eigenvalue weighted by atomic mass is 16.3. The van der Waals surface area contributed by atoms with Crippen molar-refractivity contribution in [1.29, 1.82) is 0 Å². The maximum absolute atomic E-state index is 9.71. The first kappa shape index (κ1) is 19.7. The summed E-state index contributed by atoms with van der Waals surface area (Å²) >= 11 is 0. The molecule has 0 N–H and O–H groups in total. The van der Waals surface area contributed by atoms with Crippen LogP contribution in [-0.4, -0.2) is 0 Å². The molecule has 0 bridgehead atoms. The largest absolute Gasteiger partial charge is 0.455 e. The van der Waals surface area contributed by atoms with Crippen molar-refractivity contribution < 1.29 is 22.2 Å². The first-order chi connectivity index (χ1) is 32.7. The average Bonchev–Trinajstić information content (AvgIpc) is 3.75. The van der Waals surface area contributed by atoms with Crippen molar-refractivity contribution in [2.45, 2.75) is 0 Å². The van der Waals surface area contributed by atoms with Crippen molar-refractivity contribution in [3.05, 3.63) is 182 Å². The fourth-order valence-electron chi connectivity index (χ4n) is 8.82. The number of fused-ring (bicyclic) bond motifs is 5. The Labute approximate surface area is 334 Å². The Bertz CT molecular complexity index is 4410. The summed E-state index contributed by atoms with van der Waals surface area (Å²) in [7, 11) is 0. The summed E-state index contributed by atoms with van der Waals surface area (Å²) in [5.74, 6) is 0. The summed E-state index contributed by atoms with van der Waals surface area (Å²) in [6, 6.07) is 27.0. The summed E-state index contributed by atoms with van der Waals surface area (Å²) in [5, 5.41) is 8.50. The highest BCUT2D eigenvalue weighted by Gasteiger charge is 2.21. The van der Waals surface area contributed by atoms with Crippen LogP contribution in [0.3, 0.4) is 0 Å². The molecule has 13 aromatic rings. The van der Waals surface area contributed by atoms with Crippen molar-refractivity contribution >= 4 is 97.3 Å². The molecule has 1 heterocycles. The van der Waals surface area contributed by atoms with E-state index in [1.54, 1.807) is 6.07 Å². The molecule has 0 spiro atoms. The number of hydrogen-bond acceptors (Lipinski definition) is 1. The van der Waals surface area contributed by atoms with E-state index in [-0.39, 0.29) is 43.4 Å². The van der Waals surface area contributed by atoms with Gasteiger partial charge in [-0.2, -0.15) is 0 Å². The van der Waals surface area contributed by atoms with E-state index in [0.29, 0.717) is 27.5 Å². The van der Waals surface area contributed by atoms with Gasteiger partial charge in [-0.3, -0.25) is 0 Å². The second kappa shape index (κ2) is 10.7. The van der Waals surface area contributed by atoms with E-state index < -0.39 is 84.1 Å². The van der Waals surface area contributed by atoms with Crippen LogP contribution in [0.2, 0.25) is 0 Å². The van der Waals surface area contributed by atoms with Gasteiger partial charge in [-0.1, -0.05) is 170 Å². The third-order valence-corrected chi connectivity index (χ3v) is 11.3. The van der Waals surface area contributed by atoms with Crippen molar-refractivity contribution in [1.82, 2.24) is 0 Å². The zero-order chi connectivity index (χ0) is 47.1. The second-order valence-electron chi connectivity index (χ2n) is 14.1. The second-order valence-corrected chi connectivity index (χ2v) is 14.1. The maximum atomic E-state index is 9.71. The molecule has 0 amide bonds. The molecular weight excluding hydrogens is 665 g/mol. The van der Waals surface area contributed by atoms with Crippen LogP contribution in [0.15, 0.2) is 186 Å². The monoisotopic (exact) mass is 707 g/mol. The van der Waals surface area contributed by atoms with E-state index in [1.807, 2.05) is 48.5 Å². The summed E-state index contributed by atoms with van der Waals surface area (Å²) < 4.78 is 126. The van der Waals surface area contributed by atoms with Crippen LogP contribution >= 0.6 is 0 Å². The van der Waals surface area contributed by atoms with Gasteiger partial charge in [0.05, 0.1) is 17.8 Å². The predicted octanol–water partition coefficient (Wildman–Crippen LogP) is 15.5. The lowest BCUT2D eigenvalue weighted by Crippen LogP contribution is -1.89. The normalized spacial score (nSPS) is 15.7. The third kappa shape index (κ3) is 3.97.